The van der Waals surface area contributed by atoms with Gasteiger partial charge in [-0.15, -0.1) is 17.7 Å². The predicted octanol–water partition coefficient (Wildman–Crippen LogP) is 1.08. The van der Waals surface area contributed by atoms with Crippen LogP contribution in [0.4, 0.5) is 0 Å². The second-order valence-electron chi connectivity index (χ2n) is 3.50. The fraction of sp³-hybridized carbons (Fsp3) is 0.444. The average molecular weight is 224 g/mol. The summed E-state index contributed by atoms with van der Waals surface area (Å²) < 4.78 is 1.54. The topological polar surface area (TPSA) is 63.3 Å². The van der Waals surface area contributed by atoms with Crippen LogP contribution in [-0.4, -0.2) is 24.7 Å². The van der Waals surface area contributed by atoms with Gasteiger partial charge in [0.05, 0.1) is 0 Å². The summed E-state index contributed by atoms with van der Waals surface area (Å²) in [5.74, 6) is 0.835. The van der Waals surface area contributed by atoms with Crippen LogP contribution in [0.15, 0.2) is 5.03 Å². The molecule has 1 N–H and O–H groups in total. The maximum absolute atomic E-state index is 9.36. The molecule has 0 saturated heterocycles. The van der Waals surface area contributed by atoms with Crippen LogP contribution in [0.5, 0.6) is 0 Å². The van der Waals surface area contributed by atoms with E-state index >= 15 is 0 Å². The summed E-state index contributed by atoms with van der Waals surface area (Å²) in [6.07, 6.45) is -0.694. The van der Waals surface area contributed by atoms with Crippen LogP contribution in [0, 0.1) is 13.8 Å². The van der Waals surface area contributed by atoms with E-state index in [1.165, 1.54) is 4.52 Å². The lowest BCUT2D eigenvalue weighted by Gasteiger charge is -2.03. The number of aliphatic hydroxyl groups excluding tert-OH is 1. The SMILES string of the molecule is Cc1nc2nc(C(C)O)nn2c(S)c1C. The Hall–Kier alpha value is -1.14. The first kappa shape index (κ1) is 10.4. The van der Waals surface area contributed by atoms with Crippen LogP contribution in [0.3, 0.4) is 0 Å². The van der Waals surface area contributed by atoms with E-state index in [-0.39, 0.29) is 0 Å². The van der Waals surface area contributed by atoms with E-state index in [0.29, 0.717) is 16.6 Å². The Morgan fingerprint density at radius 2 is 2.00 bits per heavy atom. The highest BCUT2D eigenvalue weighted by Crippen LogP contribution is 2.17. The third-order valence-electron chi connectivity index (χ3n) is 2.33. The van der Waals surface area contributed by atoms with Gasteiger partial charge in [0, 0.05) is 11.3 Å². The highest BCUT2D eigenvalue weighted by molar-refractivity contribution is 7.80. The average Bonchev–Trinajstić information content (AvgIpc) is 2.58. The van der Waals surface area contributed by atoms with Crippen molar-refractivity contribution >= 4 is 18.4 Å². The minimum atomic E-state index is -0.694. The van der Waals surface area contributed by atoms with Gasteiger partial charge in [-0.2, -0.15) is 9.50 Å². The van der Waals surface area contributed by atoms with Crippen molar-refractivity contribution in [1.29, 1.82) is 0 Å². The smallest absolute Gasteiger partial charge is 0.253 e. The maximum atomic E-state index is 9.36. The number of fused-ring (bicyclic) bond motifs is 1. The van der Waals surface area contributed by atoms with Gasteiger partial charge < -0.3 is 5.11 Å². The maximum Gasteiger partial charge on any atom is 0.253 e. The standard InChI is InChI=1S/C9H12N4OS/c1-4-5(2)10-9-11-7(6(3)14)12-13(9)8(4)15/h6,14-15H,1-3H3. The van der Waals surface area contributed by atoms with Crippen molar-refractivity contribution in [3.8, 4) is 0 Å². The number of nitrogens with zero attached hydrogens (tertiary/aromatic N) is 4. The second-order valence-corrected chi connectivity index (χ2v) is 3.93. The van der Waals surface area contributed by atoms with Crippen LogP contribution in [-0.2, 0) is 0 Å². The van der Waals surface area contributed by atoms with E-state index in [4.69, 9.17) is 0 Å². The molecule has 15 heavy (non-hydrogen) atoms. The Morgan fingerprint density at radius 3 is 2.60 bits per heavy atom. The summed E-state index contributed by atoms with van der Waals surface area (Å²) in [6, 6.07) is 0. The highest BCUT2D eigenvalue weighted by atomic mass is 32.1. The van der Waals surface area contributed by atoms with Crippen molar-refractivity contribution in [1.82, 2.24) is 19.6 Å². The van der Waals surface area contributed by atoms with Gasteiger partial charge in [0.15, 0.2) is 5.82 Å². The largest absolute Gasteiger partial charge is 0.385 e. The third kappa shape index (κ3) is 1.59. The molecule has 0 aliphatic rings. The molecule has 0 saturated carbocycles. The second kappa shape index (κ2) is 3.46. The van der Waals surface area contributed by atoms with Crippen LogP contribution in [0.25, 0.3) is 5.78 Å². The molecule has 0 bridgehead atoms. The first-order chi connectivity index (χ1) is 7.00. The Bertz CT molecular complexity index is 520. The molecule has 0 aliphatic heterocycles. The fourth-order valence-corrected chi connectivity index (χ4v) is 1.56. The Kier molecular flexibility index (Phi) is 2.40. The zero-order valence-corrected chi connectivity index (χ0v) is 9.66. The summed E-state index contributed by atoms with van der Waals surface area (Å²) in [7, 11) is 0. The molecular weight excluding hydrogens is 212 g/mol. The van der Waals surface area contributed by atoms with E-state index in [1.54, 1.807) is 6.92 Å². The van der Waals surface area contributed by atoms with Crippen molar-refractivity contribution in [3.05, 3.63) is 17.1 Å². The van der Waals surface area contributed by atoms with Crippen molar-refractivity contribution in [3.63, 3.8) is 0 Å². The minimum Gasteiger partial charge on any atom is -0.385 e. The zero-order valence-electron chi connectivity index (χ0n) is 8.76. The van der Waals surface area contributed by atoms with Crippen molar-refractivity contribution < 1.29 is 5.11 Å². The first-order valence-electron chi connectivity index (χ1n) is 4.61. The van der Waals surface area contributed by atoms with E-state index in [9.17, 15) is 5.11 Å². The predicted molar refractivity (Wildman–Crippen MR) is 58.1 cm³/mol. The summed E-state index contributed by atoms with van der Waals surface area (Å²) in [6.45, 7) is 5.44. The molecule has 2 heterocycles. The summed E-state index contributed by atoms with van der Waals surface area (Å²) in [5, 5.41) is 14.2. The molecule has 0 aromatic carbocycles. The van der Waals surface area contributed by atoms with Crippen LogP contribution < -0.4 is 0 Å². The zero-order chi connectivity index (χ0) is 11.2. The van der Waals surface area contributed by atoms with Gasteiger partial charge >= 0.3 is 0 Å². The quantitative estimate of drug-likeness (QED) is 0.562. The van der Waals surface area contributed by atoms with Gasteiger partial charge in [-0.1, -0.05) is 0 Å². The fourth-order valence-electron chi connectivity index (χ4n) is 1.27. The number of aromatic nitrogens is 4. The van der Waals surface area contributed by atoms with Crippen molar-refractivity contribution in [2.24, 2.45) is 0 Å². The Morgan fingerprint density at radius 1 is 1.33 bits per heavy atom. The molecule has 80 valence electrons. The number of rotatable bonds is 1. The van der Waals surface area contributed by atoms with Gasteiger partial charge in [-0.05, 0) is 20.8 Å². The Labute approximate surface area is 92.6 Å². The summed E-state index contributed by atoms with van der Waals surface area (Å²) in [4.78, 5) is 8.39. The number of aryl methyl sites for hydroxylation is 1. The van der Waals surface area contributed by atoms with Gasteiger partial charge in [0.1, 0.15) is 11.1 Å². The van der Waals surface area contributed by atoms with Crippen LogP contribution in [0.2, 0.25) is 0 Å². The van der Waals surface area contributed by atoms with Gasteiger partial charge in [0.25, 0.3) is 5.78 Å². The highest BCUT2D eigenvalue weighted by Gasteiger charge is 2.13. The van der Waals surface area contributed by atoms with E-state index in [2.05, 4.69) is 27.7 Å². The number of hydrogen-bond acceptors (Lipinski definition) is 5. The van der Waals surface area contributed by atoms with Crippen molar-refractivity contribution in [2.45, 2.75) is 31.9 Å². The van der Waals surface area contributed by atoms with E-state index in [1.807, 2.05) is 13.8 Å². The molecule has 0 spiro atoms. The lowest BCUT2D eigenvalue weighted by atomic mass is 10.3. The van der Waals surface area contributed by atoms with Crippen molar-refractivity contribution in [2.75, 3.05) is 0 Å². The lowest BCUT2D eigenvalue weighted by molar-refractivity contribution is 0.189. The molecule has 2 aromatic rings. The molecule has 1 unspecified atom stereocenters. The molecule has 0 amide bonds. The summed E-state index contributed by atoms with van der Waals surface area (Å²) >= 11 is 4.35. The number of aliphatic hydroxyl groups is 1. The van der Waals surface area contributed by atoms with Gasteiger partial charge in [-0.3, -0.25) is 0 Å². The first-order valence-corrected chi connectivity index (χ1v) is 5.06. The number of thiol groups is 1. The summed E-state index contributed by atoms with van der Waals surface area (Å²) in [5.41, 5.74) is 1.84. The van der Waals surface area contributed by atoms with E-state index in [0.717, 1.165) is 11.3 Å². The molecule has 1 atom stereocenters. The Balaban J connectivity index is 2.76. The lowest BCUT2D eigenvalue weighted by Crippen LogP contribution is -2.00. The monoisotopic (exact) mass is 224 g/mol. The van der Waals surface area contributed by atoms with Gasteiger partial charge in [0.2, 0.25) is 0 Å². The minimum absolute atomic E-state index is 0.364. The molecule has 0 radical (unpaired) electrons. The van der Waals surface area contributed by atoms with Gasteiger partial charge in [-0.25, -0.2) is 4.98 Å². The molecular formula is C9H12N4OS. The molecule has 6 heteroatoms. The molecule has 5 nitrogen and oxygen atoms in total. The van der Waals surface area contributed by atoms with E-state index < -0.39 is 6.10 Å². The molecule has 2 aromatic heterocycles. The molecule has 0 aliphatic carbocycles. The normalized spacial score (nSPS) is 13.4. The number of hydrogen-bond donors (Lipinski definition) is 2. The molecule has 2 rings (SSSR count). The van der Waals surface area contributed by atoms with Crippen LogP contribution in [0.1, 0.15) is 30.1 Å². The van der Waals surface area contributed by atoms with Crippen LogP contribution >= 0.6 is 12.6 Å². The molecule has 0 fully saturated rings. The third-order valence-corrected chi connectivity index (χ3v) is 2.85.